The molecule has 1 aromatic rings. The minimum absolute atomic E-state index is 0.0847. The van der Waals surface area contributed by atoms with Crippen LogP contribution in [0.5, 0.6) is 0 Å². The van der Waals surface area contributed by atoms with Crippen LogP contribution < -0.4 is 11.0 Å². The zero-order valence-electron chi connectivity index (χ0n) is 10.5. The zero-order valence-corrected chi connectivity index (χ0v) is 11.3. The van der Waals surface area contributed by atoms with E-state index in [9.17, 15) is 14.4 Å². The summed E-state index contributed by atoms with van der Waals surface area (Å²) >= 11 is 1.15. The van der Waals surface area contributed by atoms with Crippen molar-refractivity contribution in [2.75, 3.05) is 18.8 Å². The number of hydrogen-bond acceptors (Lipinski definition) is 5. The molecule has 0 atom stereocenters. The fourth-order valence-corrected chi connectivity index (χ4v) is 2.60. The van der Waals surface area contributed by atoms with Gasteiger partial charge in [0.15, 0.2) is 5.16 Å². The Hall–Kier alpha value is -1.77. The molecule has 0 bridgehead atoms. The Bertz CT molecular complexity index is 538. The molecule has 3 amide bonds. The number of thioether (sulfide) groups is 1. The number of amides is 3. The van der Waals surface area contributed by atoms with Crippen molar-refractivity contribution in [1.82, 2.24) is 25.0 Å². The zero-order chi connectivity index (χ0) is 13.8. The van der Waals surface area contributed by atoms with E-state index in [4.69, 9.17) is 0 Å². The van der Waals surface area contributed by atoms with E-state index >= 15 is 0 Å². The molecule has 19 heavy (non-hydrogen) atoms. The summed E-state index contributed by atoms with van der Waals surface area (Å²) in [6, 6.07) is -0.362. The Morgan fingerprint density at radius 1 is 1.47 bits per heavy atom. The molecule has 0 unspecified atom stereocenters. The van der Waals surface area contributed by atoms with Crippen molar-refractivity contribution in [2.24, 2.45) is 0 Å². The van der Waals surface area contributed by atoms with Gasteiger partial charge in [0.25, 0.3) is 0 Å². The summed E-state index contributed by atoms with van der Waals surface area (Å²) < 4.78 is 1.49. The first-order valence-corrected chi connectivity index (χ1v) is 6.98. The van der Waals surface area contributed by atoms with Gasteiger partial charge in [-0.2, -0.15) is 0 Å². The normalized spacial score (nSPS) is 14.8. The van der Waals surface area contributed by atoms with Gasteiger partial charge in [0.1, 0.15) is 0 Å². The lowest BCUT2D eigenvalue weighted by Gasteiger charge is -2.11. The molecule has 2 rings (SSSR count). The minimum Gasteiger partial charge on any atom is -0.336 e. The molecule has 1 fully saturated rings. The molecule has 0 aromatic carbocycles. The summed E-state index contributed by atoms with van der Waals surface area (Å²) in [5, 5.41) is 9.26. The van der Waals surface area contributed by atoms with E-state index in [1.807, 2.05) is 6.92 Å². The van der Waals surface area contributed by atoms with E-state index in [0.717, 1.165) is 18.2 Å². The second-order valence-corrected chi connectivity index (χ2v) is 4.97. The molecule has 2 heterocycles. The molecular formula is C10H15N5O3S. The van der Waals surface area contributed by atoms with E-state index in [-0.39, 0.29) is 23.4 Å². The second-order valence-electron chi connectivity index (χ2n) is 4.03. The molecule has 0 saturated carbocycles. The number of aromatic nitrogens is 3. The molecule has 1 aliphatic rings. The Labute approximate surface area is 113 Å². The SMILES string of the molecule is CCCn1c(SCC(=O)N2CCNC2=O)n[nH]c1=O. The molecule has 0 radical (unpaired) electrons. The second kappa shape index (κ2) is 5.91. The topological polar surface area (TPSA) is 100 Å². The van der Waals surface area contributed by atoms with E-state index in [1.165, 1.54) is 9.47 Å². The predicted molar refractivity (Wildman–Crippen MR) is 69.0 cm³/mol. The summed E-state index contributed by atoms with van der Waals surface area (Å²) in [7, 11) is 0. The Morgan fingerprint density at radius 3 is 2.89 bits per heavy atom. The van der Waals surface area contributed by atoms with Crippen molar-refractivity contribution in [2.45, 2.75) is 25.0 Å². The van der Waals surface area contributed by atoms with Gasteiger partial charge in [-0.05, 0) is 6.42 Å². The van der Waals surface area contributed by atoms with Crippen LogP contribution in [0.2, 0.25) is 0 Å². The minimum atomic E-state index is -0.362. The number of carbonyl (C=O) groups is 2. The first-order valence-electron chi connectivity index (χ1n) is 5.99. The van der Waals surface area contributed by atoms with E-state index in [2.05, 4.69) is 15.5 Å². The van der Waals surface area contributed by atoms with Crippen LogP contribution in [0.1, 0.15) is 13.3 Å². The van der Waals surface area contributed by atoms with Gasteiger partial charge in [0.2, 0.25) is 5.91 Å². The van der Waals surface area contributed by atoms with Crippen molar-refractivity contribution >= 4 is 23.7 Å². The van der Waals surface area contributed by atoms with Gasteiger partial charge in [0.05, 0.1) is 5.75 Å². The lowest BCUT2D eigenvalue weighted by Crippen LogP contribution is -2.35. The fourth-order valence-electron chi connectivity index (χ4n) is 1.75. The van der Waals surface area contributed by atoms with Crippen molar-refractivity contribution in [3.63, 3.8) is 0 Å². The van der Waals surface area contributed by atoms with Crippen LogP contribution in [-0.2, 0) is 11.3 Å². The maximum absolute atomic E-state index is 11.8. The number of urea groups is 1. The van der Waals surface area contributed by atoms with Crippen LogP contribution in [0.15, 0.2) is 9.95 Å². The molecule has 8 nitrogen and oxygen atoms in total. The number of carbonyl (C=O) groups excluding carboxylic acids is 2. The summed E-state index contributed by atoms with van der Waals surface area (Å²) in [6.45, 7) is 3.38. The Morgan fingerprint density at radius 2 is 2.26 bits per heavy atom. The van der Waals surface area contributed by atoms with Crippen LogP contribution in [-0.4, -0.2) is 50.4 Å². The van der Waals surface area contributed by atoms with Gasteiger partial charge in [-0.25, -0.2) is 14.7 Å². The smallest absolute Gasteiger partial charge is 0.336 e. The van der Waals surface area contributed by atoms with Gasteiger partial charge in [-0.3, -0.25) is 14.3 Å². The number of rotatable bonds is 5. The van der Waals surface area contributed by atoms with E-state index < -0.39 is 0 Å². The van der Waals surface area contributed by atoms with Gasteiger partial charge < -0.3 is 5.32 Å². The van der Waals surface area contributed by atoms with Crippen LogP contribution in [0.3, 0.4) is 0 Å². The number of imide groups is 1. The average molecular weight is 285 g/mol. The number of H-pyrrole nitrogens is 1. The number of hydrogen-bond donors (Lipinski definition) is 2. The first kappa shape index (κ1) is 13.7. The largest absolute Gasteiger partial charge is 0.343 e. The van der Waals surface area contributed by atoms with Gasteiger partial charge in [-0.15, -0.1) is 5.10 Å². The molecule has 0 spiro atoms. The molecule has 2 N–H and O–H groups in total. The highest BCUT2D eigenvalue weighted by molar-refractivity contribution is 7.99. The quantitative estimate of drug-likeness (QED) is 0.719. The predicted octanol–water partition coefficient (Wildman–Crippen LogP) is -0.375. The molecule has 1 saturated heterocycles. The highest BCUT2D eigenvalue weighted by Gasteiger charge is 2.26. The van der Waals surface area contributed by atoms with Gasteiger partial charge in [-0.1, -0.05) is 18.7 Å². The molecule has 104 valence electrons. The maximum atomic E-state index is 11.8. The molecule has 1 aromatic heterocycles. The maximum Gasteiger partial charge on any atom is 0.343 e. The van der Waals surface area contributed by atoms with Crippen LogP contribution >= 0.6 is 11.8 Å². The Balaban J connectivity index is 1.97. The van der Waals surface area contributed by atoms with Crippen LogP contribution in [0.25, 0.3) is 0 Å². The van der Waals surface area contributed by atoms with Crippen molar-refractivity contribution in [3.8, 4) is 0 Å². The average Bonchev–Trinajstić information content (AvgIpc) is 2.95. The van der Waals surface area contributed by atoms with Gasteiger partial charge >= 0.3 is 11.7 Å². The van der Waals surface area contributed by atoms with Crippen molar-refractivity contribution in [1.29, 1.82) is 0 Å². The highest BCUT2D eigenvalue weighted by atomic mass is 32.2. The summed E-state index contributed by atoms with van der Waals surface area (Å²) in [4.78, 5) is 35.8. The molecule has 9 heteroatoms. The number of aromatic amines is 1. The lowest BCUT2D eigenvalue weighted by atomic mass is 10.5. The number of nitrogens with zero attached hydrogens (tertiary/aromatic N) is 3. The van der Waals surface area contributed by atoms with Crippen molar-refractivity contribution < 1.29 is 9.59 Å². The molecular weight excluding hydrogens is 270 g/mol. The highest BCUT2D eigenvalue weighted by Crippen LogP contribution is 2.14. The third kappa shape index (κ3) is 2.98. The Kier molecular flexibility index (Phi) is 4.25. The third-order valence-electron chi connectivity index (χ3n) is 2.65. The third-order valence-corrected chi connectivity index (χ3v) is 3.61. The number of nitrogens with one attached hydrogen (secondary N) is 2. The monoisotopic (exact) mass is 285 g/mol. The summed E-state index contributed by atoms with van der Waals surface area (Å²) in [5.74, 6) is -0.194. The first-order chi connectivity index (χ1) is 9.13. The van der Waals surface area contributed by atoms with E-state index in [1.54, 1.807) is 0 Å². The molecule has 1 aliphatic heterocycles. The van der Waals surface area contributed by atoms with E-state index in [0.29, 0.717) is 24.8 Å². The van der Waals surface area contributed by atoms with Crippen LogP contribution in [0, 0.1) is 0 Å². The molecule has 0 aliphatic carbocycles. The fraction of sp³-hybridized carbons (Fsp3) is 0.600. The summed E-state index contributed by atoms with van der Waals surface area (Å²) in [5.41, 5.74) is -0.282. The standard InChI is InChI=1S/C10H15N5O3S/c1-2-4-15-9(18)12-13-10(15)19-6-7(16)14-5-3-11-8(14)17/h2-6H2,1H3,(H,11,17)(H,12,18). The van der Waals surface area contributed by atoms with Crippen molar-refractivity contribution in [3.05, 3.63) is 10.5 Å². The lowest BCUT2D eigenvalue weighted by molar-refractivity contribution is -0.124. The summed E-state index contributed by atoms with van der Waals surface area (Å²) in [6.07, 6.45) is 0.801. The van der Waals surface area contributed by atoms with Gasteiger partial charge in [0, 0.05) is 19.6 Å². The van der Waals surface area contributed by atoms with Crippen LogP contribution in [0.4, 0.5) is 4.79 Å².